The highest BCUT2D eigenvalue weighted by Crippen LogP contribution is 2.50. The summed E-state index contributed by atoms with van der Waals surface area (Å²) < 4.78 is 5.63. The fourth-order valence-electron chi connectivity index (χ4n) is 4.20. The van der Waals surface area contributed by atoms with Gasteiger partial charge in [0.15, 0.2) is 0 Å². The highest BCUT2D eigenvalue weighted by Gasteiger charge is 2.55. The largest absolute Gasteiger partial charge is 0.439 e. The molecule has 2 saturated heterocycles. The number of aryl methyl sites for hydroxylation is 1. The van der Waals surface area contributed by atoms with Crippen molar-refractivity contribution in [3.63, 3.8) is 0 Å². The van der Waals surface area contributed by atoms with E-state index in [1.165, 1.54) is 5.56 Å². The molecular formula is C19H24N2O3. The summed E-state index contributed by atoms with van der Waals surface area (Å²) in [5.74, 6) is 0.205. The minimum Gasteiger partial charge on any atom is -0.439 e. The quantitative estimate of drug-likeness (QED) is 0.838. The minimum atomic E-state index is -0.511. The Morgan fingerprint density at radius 3 is 2.42 bits per heavy atom. The molecule has 5 heteroatoms. The predicted octanol–water partition coefficient (Wildman–Crippen LogP) is 2.47. The molecular weight excluding hydrogens is 304 g/mol. The Kier molecular flexibility index (Phi) is 3.37. The van der Waals surface area contributed by atoms with Gasteiger partial charge >= 0.3 is 6.09 Å². The van der Waals surface area contributed by atoms with E-state index in [0.717, 1.165) is 37.8 Å². The first kappa shape index (κ1) is 15.5. The maximum Gasteiger partial charge on any atom is 0.410 e. The highest BCUT2D eigenvalue weighted by atomic mass is 16.6. The van der Waals surface area contributed by atoms with E-state index < -0.39 is 5.60 Å². The Balaban J connectivity index is 1.54. The molecule has 2 heterocycles. The van der Waals surface area contributed by atoms with E-state index in [1.54, 1.807) is 11.9 Å². The van der Waals surface area contributed by atoms with Gasteiger partial charge in [-0.25, -0.2) is 4.79 Å². The summed E-state index contributed by atoms with van der Waals surface area (Å²) in [6.07, 6.45) is 3.28. The molecule has 1 atom stereocenters. The molecule has 0 aromatic heterocycles. The molecule has 3 aliphatic rings. The standard InChI is InChI=1S/C19H24N2O3/c1-14-4-6-15(7-5-14)19(9-10-19)16(22)21-11-3-8-18(13-21)12-20(2)17(23)24-18/h4-7H,3,8-13H2,1-2H3/t18-/m0/s1. The molecule has 2 amide bonds. The van der Waals surface area contributed by atoms with Crippen LogP contribution in [0.1, 0.15) is 36.8 Å². The molecule has 1 aromatic rings. The van der Waals surface area contributed by atoms with Crippen LogP contribution >= 0.6 is 0 Å². The number of rotatable bonds is 2. The summed E-state index contributed by atoms with van der Waals surface area (Å²) in [4.78, 5) is 28.6. The normalized spacial score (nSPS) is 28.2. The van der Waals surface area contributed by atoms with Gasteiger partial charge in [-0.1, -0.05) is 29.8 Å². The summed E-state index contributed by atoms with van der Waals surface area (Å²) in [5.41, 5.74) is 1.47. The van der Waals surface area contributed by atoms with Crippen LogP contribution < -0.4 is 0 Å². The van der Waals surface area contributed by atoms with Crippen LogP contribution in [0.5, 0.6) is 0 Å². The van der Waals surface area contributed by atoms with Crippen LogP contribution in [-0.4, -0.2) is 54.1 Å². The zero-order valence-electron chi connectivity index (χ0n) is 14.4. The van der Waals surface area contributed by atoms with Crippen molar-refractivity contribution in [2.75, 3.05) is 26.7 Å². The molecule has 0 N–H and O–H groups in total. The third kappa shape index (κ3) is 2.38. The molecule has 4 rings (SSSR count). The van der Waals surface area contributed by atoms with Gasteiger partial charge in [0.1, 0.15) is 5.60 Å². The Bertz CT molecular complexity index is 680. The third-order valence-corrected chi connectivity index (χ3v) is 5.73. The Morgan fingerprint density at radius 2 is 1.83 bits per heavy atom. The zero-order valence-corrected chi connectivity index (χ0v) is 14.4. The van der Waals surface area contributed by atoms with Crippen LogP contribution in [0.25, 0.3) is 0 Å². The number of piperidine rings is 1. The molecule has 3 fully saturated rings. The topological polar surface area (TPSA) is 49.9 Å². The van der Waals surface area contributed by atoms with Crippen LogP contribution in [0, 0.1) is 6.92 Å². The maximum absolute atomic E-state index is 13.2. The van der Waals surface area contributed by atoms with Crippen LogP contribution in [-0.2, 0) is 14.9 Å². The number of likely N-dealkylation sites (N-methyl/N-ethyl adjacent to an activating group) is 1. The molecule has 1 saturated carbocycles. The van der Waals surface area contributed by atoms with Crippen molar-refractivity contribution in [2.45, 2.75) is 43.6 Å². The number of carbonyl (C=O) groups is 2. The van der Waals surface area contributed by atoms with Gasteiger partial charge in [0.05, 0.1) is 18.5 Å². The summed E-state index contributed by atoms with van der Waals surface area (Å²) in [6, 6.07) is 8.33. The van der Waals surface area contributed by atoms with Gasteiger partial charge in [0.25, 0.3) is 0 Å². The van der Waals surface area contributed by atoms with Crippen LogP contribution in [0.15, 0.2) is 24.3 Å². The molecule has 1 aliphatic carbocycles. The Labute approximate surface area is 142 Å². The average molecular weight is 328 g/mol. The first-order valence-electron chi connectivity index (χ1n) is 8.75. The smallest absolute Gasteiger partial charge is 0.410 e. The van der Waals surface area contributed by atoms with Crippen LogP contribution in [0.2, 0.25) is 0 Å². The predicted molar refractivity (Wildman–Crippen MR) is 89.7 cm³/mol. The van der Waals surface area contributed by atoms with Crippen LogP contribution in [0.4, 0.5) is 4.79 Å². The van der Waals surface area contributed by atoms with Crippen molar-refractivity contribution in [3.05, 3.63) is 35.4 Å². The second kappa shape index (κ2) is 5.23. The number of amides is 2. The highest BCUT2D eigenvalue weighted by molar-refractivity contribution is 5.91. The fraction of sp³-hybridized carbons (Fsp3) is 0.579. The number of hydrogen-bond donors (Lipinski definition) is 0. The second-order valence-electron chi connectivity index (χ2n) is 7.69. The average Bonchev–Trinajstić information content (AvgIpc) is 3.31. The summed E-state index contributed by atoms with van der Waals surface area (Å²) in [5, 5.41) is 0. The number of ether oxygens (including phenoxy) is 1. The van der Waals surface area contributed by atoms with Crippen molar-refractivity contribution < 1.29 is 14.3 Å². The molecule has 1 spiro atoms. The fourth-order valence-corrected chi connectivity index (χ4v) is 4.20. The Hall–Kier alpha value is -2.04. The number of nitrogens with zero attached hydrogens (tertiary/aromatic N) is 2. The molecule has 1 aromatic carbocycles. The monoisotopic (exact) mass is 328 g/mol. The number of likely N-dealkylation sites (tertiary alicyclic amines) is 1. The van der Waals surface area contributed by atoms with Crippen molar-refractivity contribution >= 4 is 12.0 Å². The molecule has 128 valence electrons. The number of benzene rings is 1. The molecule has 24 heavy (non-hydrogen) atoms. The SMILES string of the molecule is Cc1ccc(C2(C(=O)N3CCC[C@]4(CN(C)C(=O)O4)C3)CC2)cc1. The minimum absolute atomic E-state index is 0.205. The molecule has 2 aliphatic heterocycles. The first-order chi connectivity index (χ1) is 11.4. The summed E-state index contributed by atoms with van der Waals surface area (Å²) in [6.45, 7) is 3.92. The summed E-state index contributed by atoms with van der Waals surface area (Å²) in [7, 11) is 1.76. The van der Waals surface area contributed by atoms with Gasteiger partial charge in [-0.3, -0.25) is 4.79 Å². The summed E-state index contributed by atoms with van der Waals surface area (Å²) >= 11 is 0. The van der Waals surface area contributed by atoms with E-state index in [4.69, 9.17) is 4.74 Å². The lowest BCUT2D eigenvalue weighted by molar-refractivity contribution is -0.139. The van der Waals surface area contributed by atoms with Gasteiger partial charge in [-0.15, -0.1) is 0 Å². The second-order valence-corrected chi connectivity index (χ2v) is 7.69. The molecule has 5 nitrogen and oxygen atoms in total. The van der Waals surface area contributed by atoms with Crippen molar-refractivity contribution in [1.29, 1.82) is 0 Å². The molecule has 0 bridgehead atoms. The van der Waals surface area contributed by atoms with Gasteiger partial charge < -0.3 is 14.5 Å². The van der Waals surface area contributed by atoms with Gasteiger partial charge in [0.2, 0.25) is 5.91 Å². The molecule has 0 unspecified atom stereocenters. The maximum atomic E-state index is 13.2. The number of carbonyl (C=O) groups excluding carboxylic acids is 2. The van der Waals surface area contributed by atoms with Gasteiger partial charge in [-0.05, 0) is 38.2 Å². The zero-order chi connectivity index (χ0) is 16.9. The number of hydrogen-bond acceptors (Lipinski definition) is 3. The van der Waals surface area contributed by atoms with E-state index in [9.17, 15) is 9.59 Å². The van der Waals surface area contributed by atoms with Gasteiger partial charge in [-0.2, -0.15) is 0 Å². The van der Waals surface area contributed by atoms with Gasteiger partial charge in [0, 0.05) is 13.6 Å². The third-order valence-electron chi connectivity index (χ3n) is 5.73. The lowest BCUT2D eigenvalue weighted by Crippen LogP contribution is -2.54. The van der Waals surface area contributed by atoms with Crippen molar-refractivity contribution in [1.82, 2.24) is 9.80 Å². The van der Waals surface area contributed by atoms with Crippen molar-refractivity contribution in [3.8, 4) is 0 Å². The van der Waals surface area contributed by atoms with E-state index in [0.29, 0.717) is 13.1 Å². The lowest BCUT2D eigenvalue weighted by Gasteiger charge is -2.40. The lowest BCUT2D eigenvalue weighted by atomic mass is 9.89. The van der Waals surface area contributed by atoms with E-state index in [2.05, 4.69) is 31.2 Å². The first-order valence-corrected chi connectivity index (χ1v) is 8.75. The Morgan fingerprint density at radius 1 is 1.12 bits per heavy atom. The van der Waals surface area contributed by atoms with E-state index >= 15 is 0 Å². The van der Waals surface area contributed by atoms with Crippen LogP contribution in [0.3, 0.4) is 0 Å². The van der Waals surface area contributed by atoms with E-state index in [-0.39, 0.29) is 17.4 Å². The van der Waals surface area contributed by atoms with E-state index in [1.807, 2.05) is 4.90 Å². The van der Waals surface area contributed by atoms with Crippen molar-refractivity contribution in [2.24, 2.45) is 0 Å². The molecule has 0 radical (unpaired) electrons.